The number of ether oxygens (including phenoxy) is 1. The zero-order valence-electron chi connectivity index (χ0n) is 18.7. The summed E-state index contributed by atoms with van der Waals surface area (Å²) in [5.74, 6) is 0.345. The summed E-state index contributed by atoms with van der Waals surface area (Å²) >= 11 is 0. The van der Waals surface area contributed by atoms with Gasteiger partial charge in [0.2, 0.25) is 0 Å². The van der Waals surface area contributed by atoms with Crippen molar-refractivity contribution < 1.29 is 14.3 Å². The fraction of sp³-hybridized carbons (Fsp3) is 0.455. The Morgan fingerprint density at radius 1 is 1.19 bits per heavy atom. The van der Waals surface area contributed by atoms with Crippen LogP contribution in [0.3, 0.4) is 0 Å². The van der Waals surface area contributed by atoms with E-state index in [0.29, 0.717) is 43.3 Å². The normalized spacial score (nSPS) is 10.5. The number of rotatable bonds is 11. The quantitative estimate of drug-likeness (QED) is 0.470. The minimum absolute atomic E-state index is 0.101. The first-order valence-electron chi connectivity index (χ1n) is 10.5. The molecule has 0 aliphatic rings. The molecule has 2 aromatic rings. The van der Waals surface area contributed by atoms with Crippen LogP contribution in [0.5, 0.6) is 0 Å². The van der Waals surface area contributed by atoms with Crippen LogP contribution in [0.1, 0.15) is 48.4 Å². The number of alkyl carbamates (subject to hydrolysis) is 1. The topological polar surface area (TPSA) is 122 Å². The molecule has 0 saturated heterocycles. The van der Waals surface area contributed by atoms with E-state index in [1.165, 1.54) is 0 Å². The predicted octanol–water partition coefficient (Wildman–Crippen LogP) is 3.02. The molecule has 0 atom stereocenters. The Morgan fingerprint density at radius 3 is 2.61 bits per heavy atom. The molecule has 0 unspecified atom stereocenters. The van der Waals surface area contributed by atoms with E-state index in [-0.39, 0.29) is 5.69 Å². The van der Waals surface area contributed by atoms with Gasteiger partial charge >= 0.3 is 6.09 Å². The van der Waals surface area contributed by atoms with Crippen molar-refractivity contribution in [2.75, 3.05) is 37.5 Å². The number of amides is 2. The Hall–Kier alpha value is -3.36. The van der Waals surface area contributed by atoms with Crippen LogP contribution >= 0.6 is 0 Å². The van der Waals surface area contributed by atoms with Gasteiger partial charge in [0.25, 0.3) is 5.91 Å². The molecule has 168 valence electrons. The highest BCUT2D eigenvalue weighted by molar-refractivity contribution is 5.96. The number of nitrogens with two attached hydrogens (primary N) is 1. The second kappa shape index (κ2) is 11.7. The molecule has 2 rings (SSSR count). The number of unbranched alkanes of at least 4 members (excludes halogenated alkanes) is 1. The molecule has 0 saturated carbocycles. The van der Waals surface area contributed by atoms with E-state index in [1.54, 1.807) is 0 Å². The third-order valence-corrected chi connectivity index (χ3v) is 4.54. The molecule has 0 spiro atoms. The smallest absolute Gasteiger partial charge is 0.407 e. The number of benzene rings is 1. The molecule has 9 nitrogen and oxygen atoms in total. The molecular weight excluding hydrogens is 396 g/mol. The van der Waals surface area contributed by atoms with Crippen molar-refractivity contribution in [1.29, 1.82) is 0 Å². The van der Waals surface area contributed by atoms with Crippen LogP contribution in [0.4, 0.5) is 22.1 Å². The standard InChI is InChI=1S/C22H32N6O3/c1-5-7-13-31-22(30)24-12-11-15-9-8-10-16(14-15)25-20-18(19(23)29)26-17(6-2)21(27-20)28(3)4/h8-10,14H,5-7,11-13H2,1-4H3,(H2,23,29)(H,24,30)(H,25,27). The van der Waals surface area contributed by atoms with Gasteiger partial charge in [-0.3, -0.25) is 4.79 Å². The summed E-state index contributed by atoms with van der Waals surface area (Å²) in [5.41, 5.74) is 8.09. The minimum Gasteiger partial charge on any atom is -0.450 e. The zero-order valence-corrected chi connectivity index (χ0v) is 18.7. The average Bonchev–Trinajstić information content (AvgIpc) is 2.73. The molecule has 31 heavy (non-hydrogen) atoms. The van der Waals surface area contributed by atoms with Crippen LogP contribution in [0.25, 0.3) is 0 Å². The number of aryl methyl sites for hydroxylation is 1. The molecule has 4 N–H and O–H groups in total. The number of aromatic nitrogens is 2. The van der Waals surface area contributed by atoms with Crippen LogP contribution in [0.15, 0.2) is 24.3 Å². The fourth-order valence-electron chi connectivity index (χ4n) is 2.93. The van der Waals surface area contributed by atoms with Gasteiger partial charge in [-0.15, -0.1) is 0 Å². The third-order valence-electron chi connectivity index (χ3n) is 4.54. The number of primary amides is 1. The van der Waals surface area contributed by atoms with E-state index >= 15 is 0 Å². The lowest BCUT2D eigenvalue weighted by molar-refractivity contribution is 0.0996. The number of nitrogens with zero attached hydrogens (tertiary/aromatic N) is 3. The van der Waals surface area contributed by atoms with Crippen molar-refractivity contribution in [3.8, 4) is 0 Å². The Bertz CT molecular complexity index is 901. The van der Waals surface area contributed by atoms with Gasteiger partial charge in [-0.25, -0.2) is 14.8 Å². The first-order valence-corrected chi connectivity index (χ1v) is 10.5. The number of carbonyl (C=O) groups is 2. The van der Waals surface area contributed by atoms with Gasteiger partial charge in [0.1, 0.15) is 0 Å². The van der Waals surface area contributed by atoms with Crippen LogP contribution in [-0.2, 0) is 17.6 Å². The highest BCUT2D eigenvalue weighted by Crippen LogP contribution is 2.24. The number of nitrogens with one attached hydrogen (secondary N) is 2. The summed E-state index contributed by atoms with van der Waals surface area (Å²) in [6.45, 7) is 4.87. The molecule has 0 bridgehead atoms. The highest BCUT2D eigenvalue weighted by atomic mass is 16.5. The molecule has 0 aliphatic heterocycles. The monoisotopic (exact) mass is 428 g/mol. The van der Waals surface area contributed by atoms with Crippen molar-refractivity contribution in [1.82, 2.24) is 15.3 Å². The summed E-state index contributed by atoms with van der Waals surface area (Å²) < 4.78 is 5.08. The Labute approximate surface area is 183 Å². The first kappa shape index (κ1) is 23.9. The zero-order chi connectivity index (χ0) is 22.8. The summed E-state index contributed by atoms with van der Waals surface area (Å²) in [6.07, 6.45) is 2.68. The lowest BCUT2D eigenvalue weighted by Crippen LogP contribution is -2.26. The third kappa shape index (κ3) is 7.13. The second-order valence-corrected chi connectivity index (χ2v) is 7.29. The van der Waals surface area contributed by atoms with Crippen molar-refractivity contribution in [3.05, 3.63) is 41.2 Å². The molecule has 2 amide bonds. The van der Waals surface area contributed by atoms with Crippen molar-refractivity contribution in [3.63, 3.8) is 0 Å². The van der Waals surface area contributed by atoms with E-state index < -0.39 is 12.0 Å². The Kier molecular flexibility index (Phi) is 9.05. The van der Waals surface area contributed by atoms with E-state index in [4.69, 9.17) is 10.5 Å². The van der Waals surface area contributed by atoms with E-state index in [1.807, 2.05) is 57.1 Å². The van der Waals surface area contributed by atoms with E-state index in [0.717, 1.165) is 24.1 Å². The maximum absolute atomic E-state index is 11.9. The highest BCUT2D eigenvalue weighted by Gasteiger charge is 2.18. The van der Waals surface area contributed by atoms with Gasteiger partial charge in [-0.05, 0) is 37.0 Å². The van der Waals surface area contributed by atoms with Crippen molar-refractivity contribution >= 4 is 29.3 Å². The second-order valence-electron chi connectivity index (χ2n) is 7.29. The summed E-state index contributed by atoms with van der Waals surface area (Å²) in [6, 6.07) is 7.65. The average molecular weight is 429 g/mol. The molecule has 0 fully saturated rings. The largest absolute Gasteiger partial charge is 0.450 e. The van der Waals surface area contributed by atoms with Gasteiger partial charge in [-0.2, -0.15) is 0 Å². The molecule has 0 radical (unpaired) electrons. The molecule has 1 aromatic heterocycles. The Balaban J connectivity index is 2.11. The van der Waals surface area contributed by atoms with Crippen LogP contribution in [0.2, 0.25) is 0 Å². The number of hydrogen-bond acceptors (Lipinski definition) is 7. The molecule has 9 heteroatoms. The molecule has 1 aromatic carbocycles. The van der Waals surface area contributed by atoms with Crippen LogP contribution < -0.4 is 21.3 Å². The van der Waals surface area contributed by atoms with E-state index in [9.17, 15) is 9.59 Å². The van der Waals surface area contributed by atoms with Gasteiger partial charge in [-0.1, -0.05) is 32.4 Å². The number of carbonyl (C=O) groups excluding carboxylic acids is 2. The minimum atomic E-state index is -0.642. The maximum atomic E-state index is 11.9. The van der Waals surface area contributed by atoms with Gasteiger partial charge < -0.3 is 26.0 Å². The fourth-order valence-corrected chi connectivity index (χ4v) is 2.93. The summed E-state index contributed by atoms with van der Waals surface area (Å²) in [4.78, 5) is 34.5. The first-order chi connectivity index (χ1) is 14.8. The van der Waals surface area contributed by atoms with E-state index in [2.05, 4.69) is 20.6 Å². The lowest BCUT2D eigenvalue weighted by atomic mass is 10.1. The van der Waals surface area contributed by atoms with Gasteiger partial charge in [0.05, 0.1) is 12.3 Å². The van der Waals surface area contributed by atoms with Crippen molar-refractivity contribution in [2.24, 2.45) is 5.73 Å². The molecule has 1 heterocycles. The maximum Gasteiger partial charge on any atom is 0.407 e. The van der Waals surface area contributed by atoms with Gasteiger partial charge in [0.15, 0.2) is 17.3 Å². The van der Waals surface area contributed by atoms with Crippen LogP contribution in [-0.4, -0.2) is 49.2 Å². The molecule has 0 aliphatic carbocycles. The summed E-state index contributed by atoms with van der Waals surface area (Å²) in [7, 11) is 3.75. The van der Waals surface area contributed by atoms with Gasteiger partial charge in [0, 0.05) is 26.3 Å². The number of anilines is 3. The SMILES string of the molecule is CCCCOC(=O)NCCc1cccc(Nc2nc(N(C)C)c(CC)nc2C(N)=O)c1. The Morgan fingerprint density at radius 2 is 1.97 bits per heavy atom. The lowest BCUT2D eigenvalue weighted by Gasteiger charge is -2.18. The summed E-state index contributed by atoms with van der Waals surface area (Å²) in [5, 5.41) is 5.91. The van der Waals surface area contributed by atoms with Crippen molar-refractivity contribution in [2.45, 2.75) is 39.5 Å². The number of hydrogen-bond donors (Lipinski definition) is 3. The predicted molar refractivity (Wildman–Crippen MR) is 122 cm³/mol. The van der Waals surface area contributed by atoms with Crippen LogP contribution in [0, 0.1) is 0 Å². The molecular formula is C22H32N6O3.